The molecule has 6 heteroatoms. The van der Waals surface area contributed by atoms with E-state index in [4.69, 9.17) is 4.74 Å². The van der Waals surface area contributed by atoms with E-state index in [1.807, 2.05) is 65.0 Å². The van der Waals surface area contributed by atoms with Gasteiger partial charge in [0.15, 0.2) is 5.78 Å². The molecule has 0 amide bonds. The van der Waals surface area contributed by atoms with Crippen molar-refractivity contribution in [3.63, 3.8) is 0 Å². The minimum absolute atomic E-state index is 0.121. The fraction of sp³-hybridized carbons (Fsp3) is 0.655. The average molecular weight is 483 g/mol. The number of Topliss-reactive ketones (excluding diaryl/α,β-unsaturated/α-hetero) is 1. The van der Waals surface area contributed by atoms with E-state index in [2.05, 4.69) is 0 Å². The van der Waals surface area contributed by atoms with Gasteiger partial charge in [-0.05, 0) is 48.2 Å². The molecule has 4 fully saturated rings. The Balaban J connectivity index is 1.46. The smallest absolute Gasteiger partial charge is 0.331 e. The van der Waals surface area contributed by atoms with Gasteiger partial charge in [-0.1, -0.05) is 65.0 Å². The monoisotopic (exact) mass is 482 g/mol. The van der Waals surface area contributed by atoms with Gasteiger partial charge in [0.05, 0.1) is 18.1 Å². The zero-order valence-electron chi connectivity index (χ0n) is 21.3. The molecule has 4 aliphatic rings. The van der Waals surface area contributed by atoms with Gasteiger partial charge in [0.1, 0.15) is 11.7 Å². The van der Waals surface area contributed by atoms with Crippen LogP contribution in [0.1, 0.15) is 59.4 Å². The first kappa shape index (κ1) is 24.7. The normalized spacial score (nSPS) is 48.0. The van der Waals surface area contributed by atoms with Crippen molar-refractivity contribution in [2.45, 2.75) is 77.8 Å². The van der Waals surface area contributed by atoms with Crippen LogP contribution < -0.4 is 0 Å². The van der Waals surface area contributed by atoms with Gasteiger partial charge in [-0.25, -0.2) is 4.79 Å². The highest BCUT2D eigenvalue weighted by atomic mass is 16.5. The Bertz CT molecular complexity index is 1060. The molecule has 0 radical (unpaired) electrons. The second kappa shape index (κ2) is 7.74. The summed E-state index contributed by atoms with van der Waals surface area (Å²) in [6, 6.07) is 9.39. The predicted molar refractivity (Wildman–Crippen MR) is 131 cm³/mol. The van der Waals surface area contributed by atoms with Gasteiger partial charge >= 0.3 is 5.97 Å². The Labute approximate surface area is 207 Å². The standard InChI is InChI=1S/C29H38O6/c1-16-15-29(34)21(22(16)35-19(30)12-11-17-9-7-6-8-10-17)24(32)27(4)14-13-18-20(23(31)26(18,2)3)28(27,5)25(29)33/h6-12,16,18,20-24,31-32,34H,13-15H2,1-5H3/t16-,18-,20-,21+,22-,23+,24+,27-,28+,29+/m0/s1. The third-order valence-corrected chi connectivity index (χ3v) is 10.7. The summed E-state index contributed by atoms with van der Waals surface area (Å²) in [4.78, 5) is 27.0. The van der Waals surface area contributed by atoms with E-state index in [9.17, 15) is 24.9 Å². The minimum Gasteiger partial charge on any atom is -0.458 e. The van der Waals surface area contributed by atoms with Crippen LogP contribution in [-0.2, 0) is 14.3 Å². The van der Waals surface area contributed by atoms with Gasteiger partial charge in [0.25, 0.3) is 0 Å². The molecular formula is C29H38O6. The molecule has 0 aromatic heterocycles. The summed E-state index contributed by atoms with van der Waals surface area (Å²) in [7, 11) is 0. The molecule has 0 saturated heterocycles. The van der Waals surface area contributed by atoms with Crippen LogP contribution in [0.4, 0.5) is 0 Å². The molecule has 1 aromatic rings. The van der Waals surface area contributed by atoms with E-state index in [-0.39, 0.29) is 35.4 Å². The Morgan fingerprint density at radius 2 is 1.71 bits per heavy atom. The lowest BCUT2D eigenvalue weighted by molar-refractivity contribution is -0.294. The molecule has 3 N–H and O–H groups in total. The highest BCUT2D eigenvalue weighted by Gasteiger charge is 2.80. The zero-order valence-corrected chi connectivity index (χ0v) is 21.3. The van der Waals surface area contributed by atoms with Gasteiger partial charge in [-0.3, -0.25) is 4.79 Å². The van der Waals surface area contributed by atoms with Crippen molar-refractivity contribution in [1.82, 2.24) is 0 Å². The van der Waals surface area contributed by atoms with Crippen molar-refractivity contribution in [2.24, 2.45) is 39.9 Å². The first-order valence-electron chi connectivity index (χ1n) is 12.9. The molecule has 0 unspecified atom stereocenters. The lowest BCUT2D eigenvalue weighted by Gasteiger charge is -2.72. The van der Waals surface area contributed by atoms with Crippen LogP contribution in [0.2, 0.25) is 0 Å². The van der Waals surface area contributed by atoms with Gasteiger partial charge < -0.3 is 20.1 Å². The summed E-state index contributed by atoms with van der Waals surface area (Å²) in [6.07, 6.45) is 2.04. The summed E-state index contributed by atoms with van der Waals surface area (Å²) < 4.78 is 5.83. The van der Waals surface area contributed by atoms with E-state index < -0.39 is 46.6 Å². The molecule has 190 valence electrons. The molecule has 0 aliphatic heterocycles. The van der Waals surface area contributed by atoms with E-state index in [1.54, 1.807) is 6.08 Å². The second-order valence-corrected chi connectivity index (χ2v) is 12.6. The first-order valence-corrected chi connectivity index (χ1v) is 12.9. The maximum absolute atomic E-state index is 14.2. The van der Waals surface area contributed by atoms with Crippen molar-refractivity contribution >= 4 is 17.8 Å². The Morgan fingerprint density at radius 3 is 2.37 bits per heavy atom. The number of carbonyl (C=O) groups excluding carboxylic acids is 2. The fourth-order valence-electron chi connectivity index (χ4n) is 8.47. The van der Waals surface area contributed by atoms with Gasteiger partial charge in [-0.2, -0.15) is 0 Å². The van der Waals surface area contributed by atoms with Crippen molar-refractivity contribution in [3.05, 3.63) is 42.0 Å². The van der Waals surface area contributed by atoms with E-state index in [1.165, 1.54) is 6.08 Å². The highest BCUT2D eigenvalue weighted by Crippen LogP contribution is 2.73. The number of hydrogen-bond acceptors (Lipinski definition) is 6. The number of carbonyl (C=O) groups is 2. The zero-order chi connectivity index (χ0) is 25.6. The van der Waals surface area contributed by atoms with Gasteiger partial charge in [0.2, 0.25) is 0 Å². The molecule has 6 nitrogen and oxygen atoms in total. The molecule has 0 bridgehead atoms. The van der Waals surface area contributed by atoms with Crippen LogP contribution in [0.5, 0.6) is 0 Å². The molecule has 1 aromatic carbocycles. The lowest BCUT2D eigenvalue weighted by atomic mass is 9.32. The van der Waals surface area contributed by atoms with Crippen LogP contribution in [0, 0.1) is 39.9 Å². The third kappa shape index (κ3) is 3.06. The predicted octanol–water partition coefficient (Wildman–Crippen LogP) is 3.38. The number of hydrogen-bond donors (Lipinski definition) is 3. The third-order valence-electron chi connectivity index (χ3n) is 10.7. The summed E-state index contributed by atoms with van der Waals surface area (Å²) in [6.45, 7) is 9.67. The molecule has 35 heavy (non-hydrogen) atoms. The van der Waals surface area contributed by atoms with E-state index in [0.29, 0.717) is 6.42 Å². The van der Waals surface area contributed by atoms with Crippen LogP contribution >= 0.6 is 0 Å². The number of rotatable bonds is 3. The minimum atomic E-state index is -1.80. The van der Waals surface area contributed by atoms with Gasteiger partial charge in [-0.15, -0.1) is 0 Å². The number of ether oxygens (including phenoxy) is 1. The quantitative estimate of drug-likeness (QED) is 0.451. The molecule has 0 spiro atoms. The van der Waals surface area contributed by atoms with Crippen molar-refractivity contribution < 1.29 is 29.6 Å². The van der Waals surface area contributed by atoms with Crippen molar-refractivity contribution in [2.75, 3.05) is 0 Å². The molecule has 0 heterocycles. The molecule has 10 atom stereocenters. The Kier molecular flexibility index (Phi) is 5.45. The fourth-order valence-corrected chi connectivity index (χ4v) is 8.47. The van der Waals surface area contributed by atoms with Crippen molar-refractivity contribution in [3.8, 4) is 0 Å². The van der Waals surface area contributed by atoms with Gasteiger partial charge in [0, 0.05) is 22.8 Å². The molecule has 4 aliphatic carbocycles. The van der Waals surface area contributed by atoms with E-state index >= 15 is 0 Å². The largest absolute Gasteiger partial charge is 0.458 e. The average Bonchev–Trinajstić information content (AvgIpc) is 3.08. The number of ketones is 1. The molecule has 4 saturated carbocycles. The SMILES string of the molecule is C[C@H]1C[C@]2(O)C(=O)[C@@]3(C)[C@@H]4[C@@H](O)C(C)(C)[C@H]4CC[C@@]3(C)[C@H](O)[C@H]2[C@H]1OC(=O)C=Cc1ccccc1. The maximum Gasteiger partial charge on any atom is 0.331 e. The highest BCUT2D eigenvalue weighted by molar-refractivity contribution is 5.96. The number of esters is 1. The molecule has 5 rings (SSSR count). The molecular weight excluding hydrogens is 444 g/mol. The number of fused-ring (bicyclic) bond motifs is 4. The summed E-state index contributed by atoms with van der Waals surface area (Å²) >= 11 is 0. The summed E-state index contributed by atoms with van der Waals surface area (Å²) in [5, 5.41) is 34.8. The van der Waals surface area contributed by atoms with Crippen LogP contribution in [0.15, 0.2) is 36.4 Å². The maximum atomic E-state index is 14.2. The Morgan fingerprint density at radius 1 is 1.06 bits per heavy atom. The van der Waals surface area contributed by atoms with E-state index in [0.717, 1.165) is 12.0 Å². The summed E-state index contributed by atoms with van der Waals surface area (Å²) in [5.41, 5.74) is -3.15. The van der Waals surface area contributed by atoms with Crippen molar-refractivity contribution in [1.29, 1.82) is 0 Å². The van der Waals surface area contributed by atoms with Crippen LogP contribution in [0.3, 0.4) is 0 Å². The number of benzene rings is 1. The van der Waals surface area contributed by atoms with Crippen LogP contribution in [-0.4, -0.2) is 51.0 Å². The topological polar surface area (TPSA) is 104 Å². The second-order valence-electron chi connectivity index (χ2n) is 12.6. The van der Waals surface area contributed by atoms with Crippen LogP contribution in [0.25, 0.3) is 6.08 Å². The number of aliphatic hydroxyl groups is 3. The summed E-state index contributed by atoms with van der Waals surface area (Å²) in [5.74, 6) is -2.23. The number of aliphatic hydroxyl groups excluding tert-OH is 2. The Hall–Kier alpha value is -2.02. The first-order chi connectivity index (χ1) is 16.3. The lowest BCUT2D eigenvalue weighted by Crippen LogP contribution is -2.78.